The minimum absolute atomic E-state index is 0.0587. The summed E-state index contributed by atoms with van der Waals surface area (Å²) in [7, 11) is 0. The molecule has 1 aliphatic heterocycles. The number of anilines is 1. The van der Waals surface area contributed by atoms with E-state index >= 15 is 0 Å². The molecule has 0 saturated carbocycles. The Morgan fingerprint density at radius 2 is 1.96 bits per heavy atom. The number of nitrogens with one attached hydrogen (secondary N) is 1. The highest BCUT2D eigenvalue weighted by molar-refractivity contribution is 5.92. The molecular formula is C16H16F3N5O. The Kier molecular flexibility index (Phi) is 4.82. The standard InChI is InChI=1S/C16H16F3N5O/c17-16(18,19)13-2-1-3-14(23-13)24-8-4-11(5-9-24)22-15(25)12-10-20-6-7-21-12/h1-3,6-7,10-11H,4-5,8-9H2,(H,22,25). The first-order valence-electron chi connectivity index (χ1n) is 7.79. The van der Waals surface area contributed by atoms with Gasteiger partial charge in [-0.2, -0.15) is 13.2 Å². The summed E-state index contributed by atoms with van der Waals surface area (Å²) < 4.78 is 38.3. The number of carbonyl (C=O) groups is 1. The van der Waals surface area contributed by atoms with Gasteiger partial charge in [-0.3, -0.25) is 9.78 Å². The number of hydrogen-bond acceptors (Lipinski definition) is 5. The van der Waals surface area contributed by atoms with E-state index < -0.39 is 11.9 Å². The maximum atomic E-state index is 12.8. The Labute approximate surface area is 142 Å². The zero-order valence-corrected chi connectivity index (χ0v) is 13.2. The third-order valence-corrected chi connectivity index (χ3v) is 3.97. The van der Waals surface area contributed by atoms with Gasteiger partial charge in [-0.25, -0.2) is 9.97 Å². The molecule has 0 bridgehead atoms. The molecule has 25 heavy (non-hydrogen) atoms. The van der Waals surface area contributed by atoms with Crippen molar-refractivity contribution in [2.45, 2.75) is 25.1 Å². The molecule has 2 aromatic rings. The number of hydrogen-bond donors (Lipinski definition) is 1. The minimum atomic E-state index is -4.46. The van der Waals surface area contributed by atoms with E-state index in [2.05, 4.69) is 20.3 Å². The average Bonchev–Trinajstić information content (AvgIpc) is 2.62. The first-order chi connectivity index (χ1) is 11.9. The van der Waals surface area contributed by atoms with Crippen molar-refractivity contribution < 1.29 is 18.0 Å². The average molecular weight is 351 g/mol. The van der Waals surface area contributed by atoms with Gasteiger partial charge in [-0.05, 0) is 25.0 Å². The van der Waals surface area contributed by atoms with Gasteiger partial charge < -0.3 is 10.2 Å². The van der Waals surface area contributed by atoms with Gasteiger partial charge in [0.2, 0.25) is 0 Å². The van der Waals surface area contributed by atoms with E-state index in [-0.39, 0.29) is 17.6 Å². The molecule has 9 heteroatoms. The van der Waals surface area contributed by atoms with Crippen LogP contribution >= 0.6 is 0 Å². The Hall–Kier alpha value is -2.71. The van der Waals surface area contributed by atoms with Gasteiger partial charge in [-0.1, -0.05) is 6.07 Å². The van der Waals surface area contributed by atoms with E-state index in [4.69, 9.17) is 0 Å². The Balaban J connectivity index is 1.58. The molecule has 1 saturated heterocycles. The van der Waals surface area contributed by atoms with Crippen molar-refractivity contribution in [1.29, 1.82) is 0 Å². The predicted octanol–water partition coefficient (Wildman–Crippen LogP) is 2.29. The lowest BCUT2D eigenvalue weighted by Crippen LogP contribution is -2.45. The van der Waals surface area contributed by atoms with E-state index in [1.807, 2.05) is 0 Å². The SMILES string of the molecule is O=C(NC1CCN(c2cccc(C(F)(F)F)n2)CC1)c1cnccn1. The first kappa shape index (κ1) is 17.1. The molecule has 0 unspecified atom stereocenters. The Bertz CT molecular complexity index is 730. The van der Waals surface area contributed by atoms with Crippen LogP contribution in [0.25, 0.3) is 0 Å². The van der Waals surface area contributed by atoms with E-state index in [1.165, 1.54) is 24.7 Å². The molecule has 6 nitrogen and oxygen atoms in total. The third kappa shape index (κ3) is 4.23. The van der Waals surface area contributed by atoms with Crippen LogP contribution in [0.15, 0.2) is 36.8 Å². The molecule has 1 aliphatic rings. The molecule has 1 N–H and O–H groups in total. The maximum Gasteiger partial charge on any atom is 0.433 e. The number of piperidine rings is 1. The number of halogens is 3. The van der Waals surface area contributed by atoms with Crippen molar-refractivity contribution in [2.75, 3.05) is 18.0 Å². The molecule has 3 rings (SSSR count). The molecule has 0 atom stereocenters. The van der Waals surface area contributed by atoms with Gasteiger partial charge in [0.05, 0.1) is 6.20 Å². The quantitative estimate of drug-likeness (QED) is 0.919. The highest BCUT2D eigenvalue weighted by Gasteiger charge is 2.33. The first-order valence-corrected chi connectivity index (χ1v) is 7.79. The van der Waals surface area contributed by atoms with E-state index in [1.54, 1.807) is 11.0 Å². The zero-order valence-electron chi connectivity index (χ0n) is 13.2. The number of pyridine rings is 1. The second-order valence-corrected chi connectivity index (χ2v) is 5.70. The number of amides is 1. The van der Waals surface area contributed by atoms with Crippen LogP contribution < -0.4 is 10.2 Å². The molecular weight excluding hydrogens is 335 g/mol. The van der Waals surface area contributed by atoms with E-state index in [9.17, 15) is 18.0 Å². The molecule has 3 heterocycles. The summed E-state index contributed by atoms with van der Waals surface area (Å²) in [5.41, 5.74) is -0.660. The topological polar surface area (TPSA) is 71.0 Å². The fourth-order valence-electron chi connectivity index (χ4n) is 2.69. The van der Waals surface area contributed by atoms with Crippen molar-refractivity contribution in [2.24, 2.45) is 0 Å². The number of alkyl halides is 3. The zero-order chi connectivity index (χ0) is 17.9. The predicted molar refractivity (Wildman–Crippen MR) is 84.0 cm³/mol. The fraction of sp³-hybridized carbons (Fsp3) is 0.375. The number of rotatable bonds is 3. The van der Waals surface area contributed by atoms with Crippen molar-refractivity contribution >= 4 is 11.7 Å². The number of aromatic nitrogens is 3. The van der Waals surface area contributed by atoms with Crippen LogP contribution in [-0.4, -0.2) is 40.0 Å². The van der Waals surface area contributed by atoms with Crippen molar-refractivity contribution in [3.63, 3.8) is 0 Å². The van der Waals surface area contributed by atoms with Crippen LogP contribution in [0, 0.1) is 0 Å². The molecule has 1 amide bonds. The van der Waals surface area contributed by atoms with Crippen LogP contribution in [0.3, 0.4) is 0 Å². The maximum absolute atomic E-state index is 12.8. The number of carbonyl (C=O) groups excluding carboxylic acids is 1. The second-order valence-electron chi connectivity index (χ2n) is 5.70. The third-order valence-electron chi connectivity index (χ3n) is 3.97. The van der Waals surface area contributed by atoms with E-state index in [0.29, 0.717) is 31.7 Å². The van der Waals surface area contributed by atoms with Gasteiger partial charge >= 0.3 is 6.18 Å². The van der Waals surface area contributed by atoms with Crippen LogP contribution in [-0.2, 0) is 6.18 Å². The van der Waals surface area contributed by atoms with Crippen LogP contribution in [0.2, 0.25) is 0 Å². The summed E-state index contributed by atoms with van der Waals surface area (Å²) in [4.78, 5) is 25.3. The highest BCUT2D eigenvalue weighted by atomic mass is 19.4. The van der Waals surface area contributed by atoms with Crippen LogP contribution in [0.5, 0.6) is 0 Å². The number of nitrogens with zero attached hydrogens (tertiary/aromatic N) is 4. The molecule has 132 valence electrons. The molecule has 0 radical (unpaired) electrons. The summed E-state index contributed by atoms with van der Waals surface area (Å²) in [5.74, 6) is -0.00253. The fourth-order valence-corrected chi connectivity index (χ4v) is 2.69. The largest absolute Gasteiger partial charge is 0.433 e. The van der Waals surface area contributed by atoms with Gasteiger partial charge in [0.25, 0.3) is 5.91 Å². The smallest absolute Gasteiger partial charge is 0.356 e. The normalized spacial score (nSPS) is 15.9. The Morgan fingerprint density at radius 3 is 2.60 bits per heavy atom. The lowest BCUT2D eigenvalue weighted by molar-refractivity contribution is -0.141. The summed E-state index contributed by atoms with van der Waals surface area (Å²) >= 11 is 0. The van der Waals surface area contributed by atoms with Crippen molar-refractivity contribution in [3.05, 3.63) is 48.2 Å². The van der Waals surface area contributed by atoms with Crippen LogP contribution in [0.4, 0.5) is 19.0 Å². The summed E-state index contributed by atoms with van der Waals surface area (Å²) in [6.07, 6.45) is 1.08. The second kappa shape index (κ2) is 7.04. The molecule has 1 fully saturated rings. The molecule has 0 aromatic carbocycles. The van der Waals surface area contributed by atoms with Gasteiger partial charge in [0.1, 0.15) is 17.2 Å². The van der Waals surface area contributed by atoms with E-state index in [0.717, 1.165) is 6.07 Å². The summed E-state index contributed by atoms with van der Waals surface area (Å²) in [6.45, 7) is 1.03. The van der Waals surface area contributed by atoms with Gasteiger partial charge in [0.15, 0.2) is 0 Å². The van der Waals surface area contributed by atoms with Gasteiger partial charge in [-0.15, -0.1) is 0 Å². The van der Waals surface area contributed by atoms with Crippen molar-refractivity contribution in [1.82, 2.24) is 20.3 Å². The van der Waals surface area contributed by atoms with Crippen LogP contribution in [0.1, 0.15) is 29.0 Å². The lowest BCUT2D eigenvalue weighted by Gasteiger charge is -2.33. The Morgan fingerprint density at radius 1 is 1.20 bits per heavy atom. The minimum Gasteiger partial charge on any atom is -0.356 e. The highest BCUT2D eigenvalue weighted by Crippen LogP contribution is 2.29. The summed E-state index contributed by atoms with van der Waals surface area (Å²) in [6, 6.07) is 3.81. The summed E-state index contributed by atoms with van der Waals surface area (Å²) in [5, 5.41) is 2.87. The lowest BCUT2D eigenvalue weighted by atomic mass is 10.0. The molecule has 0 spiro atoms. The molecule has 2 aromatic heterocycles. The monoisotopic (exact) mass is 351 g/mol. The molecule has 0 aliphatic carbocycles. The van der Waals surface area contributed by atoms with Crippen molar-refractivity contribution in [3.8, 4) is 0 Å². The van der Waals surface area contributed by atoms with Gasteiger partial charge in [0, 0.05) is 31.5 Å².